The third kappa shape index (κ3) is 4.65. The summed E-state index contributed by atoms with van der Waals surface area (Å²) in [5, 5.41) is 3.69. The highest BCUT2D eigenvalue weighted by Crippen LogP contribution is 2.27. The van der Waals surface area contributed by atoms with Crippen LogP contribution in [0.15, 0.2) is 36.9 Å². The quantitative estimate of drug-likeness (QED) is 0.887. The lowest BCUT2D eigenvalue weighted by Gasteiger charge is -2.14. The van der Waals surface area contributed by atoms with E-state index < -0.39 is 0 Å². The fourth-order valence-electron chi connectivity index (χ4n) is 1.68. The molecule has 112 valence electrons. The van der Waals surface area contributed by atoms with Gasteiger partial charge in [-0.1, -0.05) is 23.2 Å². The Hall–Kier alpha value is -1.72. The second-order valence-corrected chi connectivity index (χ2v) is 5.37. The molecule has 1 aromatic carbocycles. The molecule has 0 saturated carbocycles. The summed E-state index contributed by atoms with van der Waals surface area (Å²) in [6, 6.07) is 4.97. The van der Waals surface area contributed by atoms with Crippen molar-refractivity contribution in [1.29, 1.82) is 0 Å². The number of carbonyl (C=O) groups excluding carboxylic acids is 1. The van der Waals surface area contributed by atoms with E-state index in [1.807, 2.05) is 17.7 Å². The van der Waals surface area contributed by atoms with Crippen molar-refractivity contribution in [3.8, 4) is 5.75 Å². The normalized spacial score (nSPS) is 12.0. The minimum absolute atomic E-state index is 0.0992. The third-order valence-corrected chi connectivity index (χ3v) is 3.41. The molecule has 7 heteroatoms. The molecular weight excluding hydrogens is 313 g/mol. The number of benzene rings is 1. The molecule has 1 atom stereocenters. The molecule has 0 bridgehead atoms. The zero-order valence-electron chi connectivity index (χ0n) is 11.4. The number of aromatic nitrogens is 2. The third-order valence-electron chi connectivity index (χ3n) is 2.88. The van der Waals surface area contributed by atoms with Crippen LogP contribution < -0.4 is 10.1 Å². The van der Waals surface area contributed by atoms with E-state index >= 15 is 0 Å². The summed E-state index contributed by atoms with van der Waals surface area (Å²) >= 11 is 11.7. The SMILES string of the molecule is C[C@H](CNC(=O)COc1ccc(Cl)cc1Cl)n1ccnc1. The van der Waals surface area contributed by atoms with Crippen LogP contribution in [0.5, 0.6) is 5.75 Å². The topological polar surface area (TPSA) is 56.1 Å². The number of nitrogens with one attached hydrogen (secondary N) is 1. The lowest BCUT2D eigenvalue weighted by Crippen LogP contribution is -2.33. The molecule has 1 amide bonds. The fourth-order valence-corrected chi connectivity index (χ4v) is 2.15. The van der Waals surface area contributed by atoms with Crippen LogP contribution in [0.4, 0.5) is 0 Å². The average molecular weight is 328 g/mol. The number of amides is 1. The highest BCUT2D eigenvalue weighted by atomic mass is 35.5. The van der Waals surface area contributed by atoms with Crippen molar-refractivity contribution in [2.75, 3.05) is 13.2 Å². The van der Waals surface area contributed by atoms with E-state index in [-0.39, 0.29) is 18.6 Å². The van der Waals surface area contributed by atoms with Crippen LogP contribution >= 0.6 is 23.2 Å². The molecule has 0 aliphatic carbocycles. The molecule has 1 N–H and O–H groups in total. The Bertz CT molecular complexity index is 602. The summed E-state index contributed by atoms with van der Waals surface area (Å²) in [6.07, 6.45) is 5.26. The number of carbonyl (C=O) groups is 1. The summed E-state index contributed by atoms with van der Waals surface area (Å²) in [6.45, 7) is 2.38. The van der Waals surface area contributed by atoms with Gasteiger partial charge < -0.3 is 14.6 Å². The summed E-state index contributed by atoms with van der Waals surface area (Å²) in [4.78, 5) is 15.7. The van der Waals surface area contributed by atoms with E-state index in [4.69, 9.17) is 27.9 Å². The van der Waals surface area contributed by atoms with E-state index in [0.29, 0.717) is 22.3 Å². The second-order valence-electron chi connectivity index (χ2n) is 4.53. The average Bonchev–Trinajstić information content (AvgIpc) is 2.98. The van der Waals surface area contributed by atoms with Crippen molar-refractivity contribution in [1.82, 2.24) is 14.9 Å². The minimum Gasteiger partial charge on any atom is -0.482 e. The predicted molar refractivity (Wildman–Crippen MR) is 81.9 cm³/mol. The summed E-state index contributed by atoms with van der Waals surface area (Å²) in [5.74, 6) is 0.215. The standard InChI is InChI=1S/C14H15Cl2N3O2/c1-10(19-5-4-17-9-19)7-18-14(20)8-21-13-3-2-11(15)6-12(13)16/h2-6,9-10H,7-8H2,1H3,(H,18,20)/t10-/m1/s1. The first kappa shape index (κ1) is 15.7. The van der Waals surface area contributed by atoms with E-state index in [9.17, 15) is 4.79 Å². The highest BCUT2D eigenvalue weighted by molar-refractivity contribution is 6.35. The van der Waals surface area contributed by atoms with E-state index in [0.717, 1.165) is 0 Å². The van der Waals surface area contributed by atoms with Crippen molar-refractivity contribution in [2.45, 2.75) is 13.0 Å². The van der Waals surface area contributed by atoms with Gasteiger partial charge in [-0.05, 0) is 25.1 Å². The van der Waals surface area contributed by atoms with Gasteiger partial charge in [0, 0.05) is 30.0 Å². The van der Waals surface area contributed by atoms with Gasteiger partial charge in [-0.25, -0.2) is 4.98 Å². The molecule has 1 aromatic heterocycles. The number of imidazole rings is 1. The Morgan fingerprint density at radius 3 is 2.95 bits per heavy atom. The smallest absolute Gasteiger partial charge is 0.258 e. The van der Waals surface area contributed by atoms with Crippen LogP contribution in [-0.2, 0) is 4.79 Å². The largest absolute Gasteiger partial charge is 0.482 e. The molecule has 21 heavy (non-hydrogen) atoms. The molecule has 0 saturated heterocycles. The molecular formula is C14H15Cl2N3O2. The van der Waals surface area contributed by atoms with Crippen LogP contribution in [-0.4, -0.2) is 28.6 Å². The van der Waals surface area contributed by atoms with Gasteiger partial charge in [-0.15, -0.1) is 0 Å². The van der Waals surface area contributed by atoms with Gasteiger partial charge >= 0.3 is 0 Å². The molecule has 5 nitrogen and oxygen atoms in total. The Morgan fingerprint density at radius 1 is 1.48 bits per heavy atom. The van der Waals surface area contributed by atoms with E-state index in [1.165, 1.54) is 0 Å². The second kappa shape index (κ2) is 7.33. The predicted octanol–water partition coefficient (Wildman–Crippen LogP) is 2.95. The monoisotopic (exact) mass is 327 g/mol. The first-order valence-electron chi connectivity index (χ1n) is 6.38. The zero-order valence-corrected chi connectivity index (χ0v) is 12.9. The molecule has 0 radical (unpaired) electrons. The number of rotatable bonds is 6. The van der Waals surface area contributed by atoms with Gasteiger partial charge in [0.05, 0.1) is 11.3 Å². The molecule has 0 fully saturated rings. The van der Waals surface area contributed by atoms with Crippen LogP contribution in [0.2, 0.25) is 10.0 Å². The molecule has 1 heterocycles. The maximum Gasteiger partial charge on any atom is 0.258 e. The maximum atomic E-state index is 11.7. The summed E-state index contributed by atoms with van der Waals surface area (Å²) < 4.78 is 7.27. The lowest BCUT2D eigenvalue weighted by molar-refractivity contribution is -0.123. The Kier molecular flexibility index (Phi) is 5.47. The van der Waals surface area contributed by atoms with Gasteiger partial charge in [0.15, 0.2) is 6.61 Å². The lowest BCUT2D eigenvalue weighted by atomic mass is 10.3. The van der Waals surface area contributed by atoms with Crippen molar-refractivity contribution < 1.29 is 9.53 Å². The zero-order chi connectivity index (χ0) is 15.2. The Labute approximate surface area is 132 Å². The molecule has 2 rings (SSSR count). The number of hydrogen-bond acceptors (Lipinski definition) is 3. The van der Waals surface area contributed by atoms with Gasteiger partial charge in [0.2, 0.25) is 0 Å². The number of halogens is 2. The number of nitrogens with zero attached hydrogens (tertiary/aromatic N) is 2. The Balaban J connectivity index is 1.77. The maximum absolute atomic E-state index is 11.7. The van der Waals surface area contributed by atoms with Crippen molar-refractivity contribution in [3.05, 3.63) is 47.0 Å². The Morgan fingerprint density at radius 2 is 2.29 bits per heavy atom. The molecule has 0 spiro atoms. The fraction of sp³-hybridized carbons (Fsp3) is 0.286. The summed E-state index contributed by atoms with van der Waals surface area (Å²) in [5.41, 5.74) is 0. The molecule has 0 aliphatic rings. The first-order valence-corrected chi connectivity index (χ1v) is 7.14. The summed E-state index contributed by atoms with van der Waals surface area (Å²) in [7, 11) is 0. The van der Waals surface area contributed by atoms with Gasteiger partial charge in [0.25, 0.3) is 5.91 Å². The minimum atomic E-state index is -0.215. The van der Waals surface area contributed by atoms with Gasteiger partial charge in [-0.2, -0.15) is 0 Å². The van der Waals surface area contributed by atoms with Crippen LogP contribution in [0.25, 0.3) is 0 Å². The molecule has 0 unspecified atom stereocenters. The van der Waals surface area contributed by atoms with Crippen molar-refractivity contribution in [3.63, 3.8) is 0 Å². The number of ether oxygens (including phenoxy) is 1. The van der Waals surface area contributed by atoms with Gasteiger partial charge in [0.1, 0.15) is 5.75 Å². The van der Waals surface area contributed by atoms with Crippen molar-refractivity contribution >= 4 is 29.1 Å². The molecule has 2 aromatic rings. The first-order chi connectivity index (χ1) is 10.1. The van der Waals surface area contributed by atoms with Crippen molar-refractivity contribution in [2.24, 2.45) is 0 Å². The van der Waals surface area contributed by atoms with Crippen LogP contribution in [0.3, 0.4) is 0 Å². The molecule has 0 aliphatic heterocycles. The highest BCUT2D eigenvalue weighted by Gasteiger charge is 2.09. The van der Waals surface area contributed by atoms with Crippen LogP contribution in [0.1, 0.15) is 13.0 Å². The van der Waals surface area contributed by atoms with E-state index in [1.54, 1.807) is 30.7 Å². The number of hydrogen-bond donors (Lipinski definition) is 1. The van der Waals surface area contributed by atoms with E-state index in [2.05, 4.69) is 10.3 Å². The van der Waals surface area contributed by atoms with Gasteiger partial charge in [-0.3, -0.25) is 4.79 Å². The van der Waals surface area contributed by atoms with Crippen LogP contribution in [0, 0.1) is 0 Å².